The van der Waals surface area contributed by atoms with Crippen LogP contribution in [0.4, 0.5) is 4.79 Å². The lowest BCUT2D eigenvalue weighted by atomic mass is 9.92. The van der Waals surface area contributed by atoms with Crippen LogP contribution in [0.15, 0.2) is 48.5 Å². The van der Waals surface area contributed by atoms with Gasteiger partial charge >= 0.3 is 12.1 Å². The van der Waals surface area contributed by atoms with E-state index in [1.165, 1.54) is 4.90 Å². The molecule has 2 aromatic carbocycles. The Morgan fingerprint density at radius 3 is 1.87 bits per heavy atom. The van der Waals surface area contributed by atoms with Crippen molar-refractivity contribution in [1.29, 1.82) is 0 Å². The molecule has 0 aliphatic heterocycles. The lowest BCUT2D eigenvalue weighted by molar-refractivity contribution is -0.159. The van der Waals surface area contributed by atoms with Crippen molar-refractivity contribution in [3.8, 4) is 0 Å². The second-order valence-corrected chi connectivity index (χ2v) is 14.3. The number of benzene rings is 2. The summed E-state index contributed by atoms with van der Waals surface area (Å²) in [6.45, 7) is 18.6. The molecular formula is C35H51N3O7. The van der Waals surface area contributed by atoms with Gasteiger partial charge in [0.2, 0.25) is 11.8 Å². The predicted molar refractivity (Wildman–Crippen MR) is 173 cm³/mol. The van der Waals surface area contributed by atoms with E-state index in [0.29, 0.717) is 5.56 Å². The van der Waals surface area contributed by atoms with Crippen LogP contribution in [0.5, 0.6) is 0 Å². The molecule has 0 aromatic heterocycles. The highest BCUT2D eigenvalue weighted by Gasteiger charge is 2.43. The van der Waals surface area contributed by atoms with Crippen LogP contribution in [0, 0.1) is 13.8 Å². The number of carbonyl (C=O) groups excluding carboxylic acids is 4. The summed E-state index contributed by atoms with van der Waals surface area (Å²) in [5, 5.41) is 15.6. The highest BCUT2D eigenvalue weighted by Crippen LogP contribution is 2.32. The minimum absolute atomic E-state index is 0.157. The van der Waals surface area contributed by atoms with Gasteiger partial charge in [-0.15, -0.1) is 0 Å². The SMILES string of the molecule is Cc1ccc(C(C(=O)NC(Cc2ccccc2)C(=O)OC(C)(C)C)N(C(=O)C(CO)NC(=O)OC(C)(C)C)C(C)(C)C)c(C)c1. The van der Waals surface area contributed by atoms with Crippen molar-refractivity contribution < 1.29 is 33.8 Å². The van der Waals surface area contributed by atoms with Gasteiger partial charge in [-0.25, -0.2) is 9.59 Å². The molecule has 10 heteroatoms. The highest BCUT2D eigenvalue weighted by atomic mass is 16.6. The first-order valence-corrected chi connectivity index (χ1v) is 15.2. The Hall–Kier alpha value is -3.92. The minimum atomic E-state index is -1.41. The molecule has 0 bridgehead atoms. The number of carbonyl (C=O) groups is 4. The molecule has 0 radical (unpaired) electrons. The van der Waals surface area contributed by atoms with E-state index in [1.54, 1.807) is 68.4 Å². The van der Waals surface area contributed by atoms with Crippen molar-refractivity contribution in [2.75, 3.05) is 6.61 Å². The van der Waals surface area contributed by atoms with E-state index in [9.17, 15) is 24.3 Å². The first-order chi connectivity index (χ1) is 20.6. The number of esters is 1. The van der Waals surface area contributed by atoms with E-state index < -0.39 is 65.4 Å². The Kier molecular flexibility index (Phi) is 12.3. The lowest BCUT2D eigenvalue weighted by Gasteiger charge is -2.43. The summed E-state index contributed by atoms with van der Waals surface area (Å²) in [4.78, 5) is 56.1. The number of nitrogens with one attached hydrogen (secondary N) is 2. The predicted octanol–water partition coefficient (Wildman–Crippen LogP) is 4.93. The van der Waals surface area contributed by atoms with E-state index in [4.69, 9.17) is 9.47 Å². The highest BCUT2D eigenvalue weighted by molar-refractivity contribution is 5.94. The van der Waals surface area contributed by atoms with Gasteiger partial charge < -0.3 is 30.1 Å². The fraction of sp³-hybridized carbons (Fsp3) is 0.543. The second kappa shape index (κ2) is 14.9. The standard InChI is InChI=1S/C35H51N3O7/c1-22-17-18-25(23(2)19-22)28(38(33(3,4)5)30(41)27(21-39)37-32(43)45-35(9,10)11)29(40)36-26(31(42)44-34(6,7)8)20-24-15-13-12-14-16-24/h12-19,26-28,39H,20-21H2,1-11H3,(H,36,40)(H,37,43). The van der Waals surface area contributed by atoms with Crippen molar-refractivity contribution in [2.45, 2.75) is 117 Å². The summed E-state index contributed by atoms with van der Waals surface area (Å²) in [5.74, 6) is -1.94. The number of amides is 3. The third-order valence-corrected chi connectivity index (χ3v) is 6.65. The quantitative estimate of drug-likeness (QED) is 0.319. The maximum absolute atomic E-state index is 14.5. The van der Waals surface area contributed by atoms with E-state index in [0.717, 1.165) is 16.7 Å². The first-order valence-electron chi connectivity index (χ1n) is 15.2. The topological polar surface area (TPSA) is 134 Å². The van der Waals surface area contributed by atoms with Crippen LogP contribution in [-0.4, -0.2) is 69.3 Å². The van der Waals surface area contributed by atoms with Gasteiger partial charge in [0.1, 0.15) is 29.3 Å². The first kappa shape index (κ1) is 37.3. The zero-order valence-corrected chi connectivity index (χ0v) is 28.6. The zero-order chi connectivity index (χ0) is 34.3. The second-order valence-electron chi connectivity index (χ2n) is 14.3. The number of hydrogen-bond acceptors (Lipinski definition) is 7. The van der Waals surface area contributed by atoms with Gasteiger partial charge in [0.05, 0.1) is 6.61 Å². The van der Waals surface area contributed by atoms with Gasteiger partial charge in [0.25, 0.3) is 0 Å². The number of aliphatic hydroxyl groups is 1. The zero-order valence-electron chi connectivity index (χ0n) is 28.6. The summed E-state index contributed by atoms with van der Waals surface area (Å²) in [5.41, 5.74) is 0.405. The molecule has 2 aromatic rings. The third kappa shape index (κ3) is 11.5. The molecule has 0 saturated carbocycles. The fourth-order valence-corrected chi connectivity index (χ4v) is 4.84. The number of alkyl carbamates (subject to hydrolysis) is 1. The molecule has 248 valence electrons. The lowest BCUT2D eigenvalue weighted by Crippen LogP contribution is -2.60. The van der Waals surface area contributed by atoms with Crippen molar-refractivity contribution in [1.82, 2.24) is 15.5 Å². The average molecular weight is 626 g/mol. The number of aryl methyl sites for hydroxylation is 2. The van der Waals surface area contributed by atoms with E-state index in [-0.39, 0.29) is 6.42 Å². The van der Waals surface area contributed by atoms with Crippen LogP contribution in [0.25, 0.3) is 0 Å². The van der Waals surface area contributed by atoms with Crippen molar-refractivity contribution in [3.05, 3.63) is 70.8 Å². The molecule has 0 spiro atoms. The van der Waals surface area contributed by atoms with Gasteiger partial charge in [0, 0.05) is 12.0 Å². The minimum Gasteiger partial charge on any atom is -0.458 e. The number of rotatable bonds is 10. The van der Waals surface area contributed by atoms with Crippen molar-refractivity contribution >= 4 is 23.9 Å². The van der Waals surface area contributed by atoms with Crippen LogP contribution in [-0.2, 0) is 30.3 Å². The fourth-order valence-electron chi connectivity index (χ4n) is 4.84. The van der Waals surface area contributed by atoms with Crippen LogP contribution >= 0.6 is 0 Å². The van der Waals surface area contributed by atoms with E-state index >= 15 is 0 Å². The molecule has 0 saturated heterocycles. The van der Waals surface area contributed by atoms with E-state index in [1.807, 2.05) is 56.3 Å². The van der Waals surface area contributed by atoms with Gasteiger partial charge in [-0.1, -0.05) is 54.1 Å². The Morgan fingerprint density at radius 1 is 0.800 bits per heavy atom. The largest absolute Gasteiger partial charge is 0.458 e. The molecule has 45 heavy (non-hydrogen) atoms. The molecule has 2 rings (SSSR count). The molecule has 10 nitrogen and oxygen atoms in total. The van der Waals surface area contributed by atoms with Gasteiger partial charge in [-0.05, 0) is 92.9 Å². The molecule has 0 heterocycles. The Bertz CT molecular complexity index is 1340. The molecule has 3 amide bonds. The number of hydrogen-bond donors (Lipinski definition) is 3. The molecule has 3 N–H and O–H groups in total. The molecular weight excluding hydrogens is 574 g/mol. The number of aliphatic hydroxyl groups excluding tert-OH is 1. The van der Waals surface area contributed by atoms with Crippen LogP contribution in [0.1, 0.15) is 90.6 Å². The maximum atomic E-state index is 14.5. The Labute approximate surface area is 267 Å². The summed E-state index contributed by atoms with van der Waals surface area (Å²) in [6, 6.07) is 11.0. The monoisotopic (exact) mass is 625 g/mol. The summed E-state index contributed by atoms with van der Waals surface area (Å²) in [6.07, 6.45) is -0.728. The maximum Gasteiger partial charge on any atom is 0.408 e. The molecule has 0 fully saturated rings. The normalized spacial score (nSPS) is 14.0. The summed E-state index contributed by atoms with van der Waals surface area (Å²) < 4.78 is 11.0. The number of nitrogens with zero attached hydrogens (tertiary/aromatic N) is 1. The average Bonchev–Trinajstić information content (AvgIpc) is 2.88. The molecule has 3 atom stereocenters. The van der Waals surface area contributed by atoms with Crippen LogP contribution in [0.2, 0.25) is 0 Å². The van der Waals surface area contributed by atoms with Crippen molar-refractivity contribution in [2.24, 2.45) is 0 Å². The molecule has 3 unspecified atom stereocenters. The number of ether oxygens (including phenoxy) is 2. The summed E-state index contributed by atoms with van der Waals surface area (Å²) in [7, 11) is 0. The van der Waals surface area contributed by atoms with E-state index in [2.05, 4.69) is 10.6 Å². The van der Waals surface area contributed by atoms with Crippen molar-refractivity contribution in [3.63, 3.8) is 0 Å². The molecule has 0 aliphatic carbocycles. The van der Waals surface area contributed by atoms with Crippen LogP contribution < -0.4 is 10.6 Å². The Morgan fingerprint density at radius 2 is 1.38 bits per heavy atom. The van der Waals surface area contributed by atoms with Gasteiger partial charge in [-0.2, -0.15) is 0 Å². The van der Waals surface area contributed by atoms with Gasteiger partial charge in [0.15, 0.2) is 0 Å². The van der Waals surface area contributed by atoms with Crippen LogP contribution in [0.3, 0.4) is 0 Å². The smallest absolute Gasteiger partial charge is 0.408 e. The third-order valence-electron chi connectivity index (χ3n) is 6.65. The molecule has 0 aliphatic rings. The summed E-state index contributed by atoms with van der Waals surface area (Å²) >= 11 is 0. The van der Waals surface area contributed by atoms with Gasteiger partial charge in [-0.3, -0.25) is 9.59 Å². The Balaban J connectivity index is 2.65.